The summed E-state index contributed by atoms with van der Waals surface area (Å²) in [6.07, 6.45) is 6.14. The van der Waals surface area contributed by atoms with Crippen molar-refractivity contribution in [3.63, 3.8) is 0 Å². The molecule has 5 rings (SSSR count). The van der Waals surface area contributed by atoms with Gasteiger partial charge in [0.1, 0.15) is 17.5 Å². The number of likely N-dealkylation sites (tertiary alicyclic amines) is 1. The molecule has 176 valence electrons. The molecule has 0 radical (unpaired) electrons. The highest BCUT2D eigenvalue weighted by Crippen LogP contribution is 2.25. The lowest BCUT2D eigenvalue weighted by Gasteiger charge is -2.38. The van der Waals surface area contributed by atoms with E-state index in [0.717, 1.165) is 16.1 Å². The lowest BCUT2D eigenvalue weighted by atomic mass is 9.91. The van der Waals surface area contributed by atoms with E-state index in [1.165, 1.54) is 23.0 Å². The quantitative estimate of drug-likeness (QED) is 0.427. The molecule has 0 saturated carbocycles. The lowest BCUT2D eigenvalue weighted by Crippen LogP contribution is -2.47. The van der Waals surface area contributed by atoms with E-state index >= 15 is 0 Å². The molecule has 1 N–H and O–H groups in total. The van der Waals surface area contributed by atoms with E-state index in [1.54, 1.807) is 34.8 Å². The molecule has 1 fully saturated rings. The van der Waals surface area contributed by atoms with E-state index in [4.69, 9.17) is 0 Å². The summed E-state index contributed by atoms with van der Waals surface area (Å²) in [7, 11) is 0. The van der Waals surface area contributed by atoms with E-state index in [9.17, 15) is 14.3 Å². The number of piperidine rings is 1. The molecule has 34 heavy (non-hydrogen) atoms. The number of fused-ring (bicyclic) bond motifs is 1. The summed E-state index contributed by atoms with van der Waals surface area (Å²) in [5, 5.41) is 16.0. The first-order chi connectivity index (χ1) is 16.4. The van der Waals surface area contributed by atoms with Crippen LogP contribution >= 0.6 is 11.8 Å². The fourth-order valence-electron chi connectivity index (χ4n) is 4.42. The Kier molecular flexibility index (Phi) is 6.24. The molecule has 0 unspecified atom stereocenters. The van der Waals surface area contributed by atoms with Gasteiger partial charge < -0.3 is 5.11 Å². The predicted molar refractivity (Wildman–Crippen MR) is 131 cm³/mol. The molecule has 1 aliphatic rings. The highest BCUT2D eigenvalue weighted by molar-refractivity contribution is 7.98. The number of hydrogen-bond acceptors (Lipinski definition) is 6. The maximum Gasteiger partial charge on any atom is 0.264 e. The van der Waals surface area contributed by atoms with Gasteiger partial charge in [0, 0.05) is 24.5 Å². The van der Waals surface area contributed by atoms with Crippen molar-refractivity contribution in [1.29, 1.82) is 0 Å². The maximum atomic E-state index is 13.1. The average molecular weight is 480 g/mol. The van der Waals surface area contributed by atoms with Gasteiger partial charge in [0.05, 0.1) is 24.0 Å². The Morgan fingerprint density at radius 2 is 1.79 bits per heavy atom. The van der Waals surface area contributed by atoms with Crippen molar-refractivity contribution in [3.05, 3.63) is 82.8 Å². The van der Waals surface area contributed by atoms with Crippen LogP contribution in [0.2, 0.25) is 0 Å². The van der Waals surface area contributed by atoms with Crippen molar-refractivity contribution >= 4 is 22.8 Å². The summed E-state index contributed by atoms with van der Waals surface area (Å²) >= 11 is 1.66. The Morgan fingerprint density at radius 3 is 2.47 bits per heavy atom. The Labute approximate surface area is 200 Å². The third-order valence-electron chi connectivity index (χ3n) is 6.44. The van der Waals surface area contributed by atoms with Crippen molar-refractivity contribution in [3.8, 4) is 5.69 Å². The zero-order valence-corrected chi connectivity index (χ0v) is 19.7. The molecule has 0 spiro atoms. The molecule has 1 saturated heterocycles. The van der Waals surface area contributed by atoms with Crippen molar-refractivity contribution < 1.29 is 9.50 Å². The van der Waals surface area contributed by atoms with Crippen LogP contribution in [0.3, 0.4) is 0 Å². The molecular formula is C25H26FN5O2S. The molecule has 7 nitrogen and oxygen atoms in total. The van der Waals surface area contributed by atoms with Gasteiger partial charge in [-0.15, -0.1) is 11.8 Å². The van der Waals surface area contributed by atoms with Crippen molar-refractivity contribution in [2.24, 2.45) is 0 Å². The fraction of sp³-hybridized carbons (Fsp3) is 0.320. The molecule has 3 heterocycles. The fourth-order valence-corrected chi connectivity index (χ4v) is 4.83. The minimum atomic E-state index is -0.984. The van der Waals surface area contributed by atoms with Gasteiger partial charge in [-0.2, -0.15) is 5.10 Å². The van der Waals surface area contributed by atoms with Gasteiger partial charge in [-0.3, -0.25) is 14.3 Å². The first-order valence-electron chi connectivity index (χ1n) is 11.2. The molecule has 2 aromatic carbocycles. The van der Waals surface area contributed by atoms with Crippen molar-refractivity contribution in [1.82, 2.24) is 24.2 Å². The van der Waals surface area contributed by atoms with Gasteiger partial charge in [-0.05, 0) is 61.1 Å². The molecular weight excluding hydrogens is 453 g/mol. The summed E-state index contributed by atoms with van der Waals surface area (Å²) < 4.78 is 16.3. The van der Waals surface area contributed by atoms with Gasteiger partial charge >= 0.3 is 0 Å². The van der Waals surface area contributed by atoms with E-state index < -0.39 is 5.60 Å². The highest BCUT2D eigenvalue weighted by Gasteiger charge is 2.33. The summed E-state index contributed by atoms with van der Waals surface area (Å²) in [5.41, 5.74) is 1.18. The van der Waals surface area contributed by atoms with Crippen LogP contribution in [0.4, 0.5) is 4.39 Å². The van der Waals surface area contributed by atoms with Crippen LogP contribution in [0.5, 0.6) is 0 Å². The molecule has 0 atom stereocenters. The average Bonchev–Trinajstić information content (AvgIpc) is 3.29. The van der Waals surface area contributed by atoms with Crippen molar-refractivity contribution in [2.45, 2.75) is 36.4 Å². The number of rotatable bonds is 6. The summed E-state index contributed by atoms with van der Waals surface area (Å²) in [4.78, 5) is 21.0. The molecule has 0 aliphatic carbocycles. The number of aromatic nitrogens is 4. The summed E-state index contributed by atoms with van der Waals surface area (Å²) in [5.74, 6) is -0.244. The highest BCUT2D eigenvalue weighted by atomic mass is 32.2. The molecule has 9 heteroatoms. The van der Waals surface area contributed by atoms with Crippen LogP contribution in [0.15, 0.2) is 70.7 Å². The zero-order valence-electron chi connectivity index (χ0n) is 18.9. The number of halogens is 1. The zero-order chi connectivity index (χ0) is 23.7. The maximum absolute atomic E-state index is 13.1. The first kappa shape index (κ1) is 22.8. The van der Waals surface area contributed by atoms with Gasteiger partial charge in [0.25, 0.3) is 5.56 Å². The third kappa shape index (κ3) is 4.64. The van der Waals surface area contributed by atoms with Crippen LogP contribution in [-0.2, 0) is 13.1 Å². The minimum Gasteiger partial charge on any atom is -0.388 e. The normalized spacial score (nSPS) is 16.2. The third-order valence-corrected chi connectivity index (χ3v) is 7.19. The van der Waals surface area contributed by atoms with Crippen LogP contribution in [0.25, 0.3) is 16.7 Å². The minimum absolute atomic E-state index is 0.187. The van der Waals surface area contributed by atoms with Crippen LogP contribution < -0.4 is 5.56 Å². The number of thioether (sulfide) groups is 1. The van der Waals surface area contributed by atoms with Crippen molar-refractivity contribution in [2.75, 3.05) is 19.3 Å². The lowest BCUT2D eigenvalue weighted by molar-refractivity contribution is -0.0364. The number of hydrogen-bond donors (Lipinski definition) is 1. The largest absolute Gasteiger partial charge is 0.388 e. The van der Waals surface area contributed by atoms with E-state index in [-0.39, 0.29) is 17.9 Å². The Bertz CT molecular complexity index is 1340. The predicted octanol–water partition coefficient (Wildman–Crippen LogP) is 3.47. The van der Waals surface area contributed by atoms with E-state index in [2.05, 4.69) is 15.0 Å². The number of benzene rings is 2. The van der Waals surface area contributed by atoms with Crippen LogP contribution in [0.1, 0.15) is 18.4 Å². The second kappa shape index (κ2) is 9.32. The Hall–Kier alpha value is -3.01. The van der Waals surface area contributed by atoms with E-state index in [1.807, 2.05) is 30.5 Å². The second-order valence-electron chi connectivity index (χ2n) is 8.80. The molecule has 2 aromatic heterocycles. The standard InChI is InChI=1S/C25H26FN5O2S/c1-34-21-8-6-20(7-9-21)31-23-22(14-28-31)24(32)30(17-27-23)16-25(33)10-12-29(13-11-25)15-18-2-4-19(26)5-3-18/h2-9,14,17,33H,10-13,15-16H2,1H3. The summed E-state index contributed by atoms with van der Waals surface area (Å²) in [6.45, 7) is 2.29. The first-order valence-corrected chi connectivity index (χ1v) is 12.4. The molecule has 0 amide bonds. The topological polar surface area (TPSA) is 76.2 Å². The van der Waals surface area contributed by atoms with Gasteiger partial charge in [-0.25, -0.2) is 14.1 Å². The Morgan fingerprint density at radius 1 is 1.09 bits per heavy atom. The summed E-state index contributed by atoms with van der Waals surface area (Å²) in [6, 6.07) is 14.4. The monoisotopic (exact) mass is 479 g/mol. The van der Waals surface area contributed by atoms with Crippen LogP contribution in [-0.4, -0.2) is 54.3 Å². The molecule has 4 aromatic rings. The van der Waals surface area contributed by atoms with Gasteiger partial charge in [-0.1, -0.05) is 12.1 Å². The van der Waals surface area contributed by atoms with Gasteiger partial charge in [0.2, 0.25) is 0 Å². The van der Waals surface area contributed by atoms with E-state index in [0.29, 0.717) is 43.5 Å². The second-order valence-corrected chi connectivity index (χ2v) is 9.68. The smallest absolute Gasteiger partial charge is 0.264 e. The molecule has 0 bridgehead atoms. The molecule has 1 aliphatic heterocycles. The van der Waals surface area contributed by atoms with Gasteiger partial charge in [0.15, 0.2) is 5.65 Å². The number of nitrogens with zero attached hydrogens (tertiary/aromatic N) is 5. The van der Waals surface area contributed by atoms with Crippen LogP contribution in [0, 0.1) is 5.82 Å². The Balaban J connectivity index is 1.29. The number of aliphatic hydroxyl groups is 1. The SMILES string of the molecule is CSc1ccc(-n2ncc3c(=O)n(CC4(O)CCN(Cc5ccc(F)cc5)CC4)cnc32)cc1.